The number of hydrogen-bond donors (Lipinski definition) is 1. The zero-order valence-electron chi connectivity index (χ0n) is 14.7. The van der Waals surface area contributed by atoms with Crippen LogP contribution in [0.3, 0.4) is 0 Å². The average Bonchev–Trinajstić information content (AvgIpc) is 2.43. The van der Waals surface area contributed by atoms with E-state index >= 15 is 0 Å². The molecule has 0 aromatic rings. The second kappa shape index (κ2) is 8.89. The molecule has 0 fully saturated rings. The van der Waals surface area contributed by atoms with Crippen LogP contribution in [-0.2, 0) is 9.59 Å². The van der Waals surface area contributed by atoms with E-state index in [1.165, 1.54) is 0 Å². The molecule has 0 unspecified atom stereocenters. The van der Waals surface area contributed by atoms with Gasteiger partial charge in [-0.1, -0.05) is 18.9 Å². The molecule has 1 aliphatic carbocycles. The highest BCUT2D eigenvalue weighted by molar-refractivity contribution is 6.04. The number of ketones is 1. The highest BCUT2D eigenvalue weighted by Gasteiger charge is 2.24. The summed E-state index contributed by atoms with van der Waals surface area (Å²) in [4.78, 5) is 26.7. The predicted octanol–water partition coefficient (Wildman–Crippen LogP) is 2.85. The molecule has 22 heavy (non-hydrogen) atoms. The van der Waals surface area contributed by atoms with Gasteiger partial charge in [0.2, 0.25) is 0 Å². The fourth-order valence-corrected chi connectivity index (χ4v) is 2.85. The van der Waals surface area contributed by atoms with E-state index in [0.717, 1.165) is 54.5 Å². The van der Waals surface area contributed by atoms with E-state index in [-0.39, 0.29) is 11.7 Å². The molecule has 0 atom stereocenters. The van der Waals surface area contributed by atoms with Gasteiger partial charge in [-0.25, -0.2) is 0 Å². The smallest absolute Gasteiger partial charge is 0.251 e. The molecule has 0 saturated carbocycles. The molecule has 4 nitrogen and oxygen atoms in total. The molecular weight excluding hydrogens is 276 g/mol. The van der Waals surface area contributed by atoms with E-state index in [2.05, 4.69) is 12.2 Å². The van der Waals surface area contributed by atoms with Crippen molar-refractivity contribution in [3.05, 3.63) is 22.3 Å². The van der Waals surface area contributed by atoms with Gasteiger partial charge in [-0.2, -0.15) is 0 Å². The molecular formula is C18H30N2O2. The lowest BCUT2D eigenvalue weighted by Crippen LogP contribution is -2.33. The number of carbonyl (C=O) groups excluding carboxylic acids is 2. The van der Waals surface area contributed by atoms with Crippen LogP contribution in [-0.4, -0.2) is 43.8 Å². The van der Waals surface area contributed by atoms with Gasteiger partial charge in [-0.3, -0.25) is 9.59 Å². The van der Waals surface area contributed by atoms with Crippen LogP contribution in [0.5, 0.6) is 0 Å². The van der Waals surface area contributed by atoms with Crippen LogP contribution in [0.4, 0.5) is 0 Å². The van der Waals surface area contributed by atoms with E-state index in [0.29, 0.717) is 13.0 Å². The Morgan fingerprint density at radius 1 is 1.27 bits per heavy atom. The fraction of sp³-hybridized carbons (Fsp3) is 0.667. The van der Waals surface area contributed by atoms with E-state index in [9.17, 15) is 9.59 Å². The molecule has 1 rings (SSSR count). The topological polar surface area (TPSA) is 49.4 Å². The van der Waals surface area contributed by atoms with Crippen LogP contribution < -0.4 is 5.32 Å². The number of likely N-dealkylation sites (N-methyl/N-ethyl adjacent to an activating group) is 1. The first-order valence-electron chi connectivity index (χ1n) is 8.24. The largest absolute Gasteiger partial charge is 0.351 e. The number of allylic oxidation sites excluding steroid dienone is 2. The lowest BCUT2D eigenvalue weighted by molar-refractivity contribution is -0.117. The Hall–Kier alpha value is -1.42. The summed E-state index contributed by atoms with van der Waals surface area (Å²) in [5, 5.41) is 3.00. The number of hydrogen-bond acceptors (Lipinski definition) is 3. The lowest BCUT2D eigenvalue weighted by Gasteiger charge is -2.22. The summed E-state index contributed by atoms with van der Waals surface area (Å²) >= 11 is 0. The zero-order valence-corrected chi connectivity index (χ0v) is 14.7. The standard InChI is InChI=1S/C18H30N2O2/c1-6-8-13(2)17(18(22)19-11-12-20(4)5)15-9-7-10-16(21)14(15)3/h6-12H2,1-5H3,(H,19,22)/b17-13+. The van der Waals surface area contributed by atoms with Crippen molar-refractivity contribution >= 4 is 11.7 Å². The van der Waals surface area contributed by atoms with Gasteiger partial charge in [0.25, 0.3) is 5.91 Å². The number of Topliss-reactive ketones (excluding diaryl/α,β-unsaturated/α-hetero) is 1. The number of nitrogens with zero attached hydrogens (tertiary/aromatic N) is 1. The highest BCUT2D eigenvalue weighted by atomic mass is 16.1. The summed E-state index contributed by atoms with van der Waals surface area (Å²) in [6.45, 7) is 7.42. The maximum atomic E-state index is 12.7. The first-order chi connectivity index (χ1) is 10.4. The Kier molecular flexibility index (Phi) is 7.52. The predicted molar refractivity (Wildman–Crippen MR) is 90.7 cm³/mol. The summed E-state index contributed by atoms with van der Waals surface area (Å²) in [5.41, 5.74) is 3.59. The molecule has 0 aromatic heterocycles. The maximum Gasteiger partial charge on any atom is 0.251 e. The van der Waals surface area contributed by atoms with Gasteiger partial charge in [0.1, 0.15) is 0 Å². The number of amides is 1. The van der Waals surface area contributed by atoms with Crippen molar-refractivity contribution in [1.29, 1.82) is 0 Å². The Balaban J connectivity index is 3.04. The SMILES string of the molecule is CCC/C(C)=C(/C(=O)NCCN(C)C)C1=C(C)C(=O)CCC1. The molecule has 124 valence electrons. The zero-order chi connectivity index (χ0) is 16.7. The van der Waals surface area contributed by atoms with Crippen LogP contribution in [0, 0.1) is 0 Å². The van der Waals surface area contributed by atoms with Gasteiger partial charge in [0, 0.05) is 25.1 Å². The molecule has 1 amide bonds. The Bertz CT molecular complexity index is 487. The van der Waals surface area contributed by atoms with E-state index in [1.807, 2.05) is 32.8 Å². The molecule has 0 radical (unpaired) electrons. The quantitative estimate of drug-likeness (QED) is 0.736. The second-order valence-corrected chi connectivity index (χ2v) is 6.34. The molecule has 0 aromatic carbocycles. The highest BCUT2D eigenvalue weighted by Crippen LogP contribution is 2.30. The van der Waals surface area contributed by atoms with Crippen molar-refractivity contribution in [2.24, 2.45) is 0 Å². The Morgan fingerprint density at radius 2 is 1.95 bits per heavy atom. The first kappa shape index (κ1) is 18.6. The minimum Gasteiger partial charge on any atom is -0.351 e. The third-order valence-electron chi connectivity index (χ3n) is 4.13. The summed E-state index contributed by atoms with van der Waals surface area (Å²) in [6, 6.07) is 0. The van der Waals surface area contributed by atoms with Gasteiger partial charge in [-0.15, -0.1) is 0 Å². The van der Waals surface area contributed by atoms with Gasteiger partial charge < -0.3 is 10.2 Å². The summed E-state index contributed by atoms with van der Waals surface area (Å²) in [6.07, 6.45) is 4.17. The van der Waals surface area contributed by atoms with Crippen molar-refractivity contribution in [2.75, 3.05) is 27.2 Å². The first-order valence-corrected chi connectivity index (χ1v) is 8.24. The molecule has 1 aliphatic rings. The third-order valence-corrected chi connectivity index (χ3v) is 4.13. The van der Waals surface area contributed by atoms with Crippen LogP contribution in [0.25, 0.3) is 0 Å². The van der Waals surface area contributed by atoms with E-state index < -0.39 is 0 Å². The fourth-order valence-electron chi connectivity index (χ4n) is 2.85. The van der Waals surface area contributed by atoms with Gasteiger partial charge >= 0.3 is 0 Å². The summed E-state index contributed by atoms with van der Waals surface area (Å²) in [5.74, 6) is 0.154. The number of carbonyl (C=O) groups is 2. The van der Waals surface area contributed by atoms with Crippen molar-refractivity contribution in [3.63, 3.8) is 0 Å². The van der Waals surface area contributed by atoms with Crippen LogP contribution in [0.2, 0.25) is 0 Å². The van der Waals surface area contributed by atoms with E-state index in [4.69, 9.17) is 0 Å². The number of nitrogens with one attached hydrogen (secondary N) is 1. The normalized spacial score (nSPS) is 16.9. The molecule has 0 saturated heterocycles. The van der Waals surface area contributed by atoms with Gasteiger partial charge in [0.15, 0.2) is 5.78 Å². The second-order valence-electron chi connectivity index (χ2n) is 6.34. The van der Waals surface area contributed by atoms with Crippen LogP contribution >= 0.6 is 0 Å². The monoisotopic (exact) mass is 306 g/mol. The maximum absolute atomic E-state index is 12.7. The minimum atomic E-state index is -0.0307. The van der Waals surface area contributed by atoms with Crippen LogP contribution in [0.15, 0.2) is 22.3 Å². The van der Waals surface area contributed by atoms with Gasteiger partial charge in [0.05, 0.1) is 0 Å². The Morgan fingerprint density at radius 3 is 2.55 bits per heavy atom. The lowest BCUT2D eigenvalue weighted by atomic mass is 9.84. The minimum absolute atomic E-state index is 0.0307. The van der Waals surface area contributed by atoms with Crippen LogP contribution in [0.1, 0.15) is 52.9 Å². The van der Waals surface area contributed by atoms with E-state index in [1.54, 1.807) is 0 Å². The van der Waals surface area contributed by atoms with Crippen molar-refractivity contribution < 1.29 is 9.59 Å². The van der Waals surface area contributed by atoms with Crippen molar-refractivity contribution in [1.82, 2.24) is 10.2 Å². The molecule has 0 bridgehead atoms. The van der Waals surface area contributed by atoms with Gasteiger partial charge in [-0.05, 0) is 58.4 Å². The number of rotatable bonds is 7. The average molecular weight is 306 g/mol. The summed E-state index contributed by atoms with van der Waals surface area (Å²) in [7, 11) is 3.97. The third kappa shape index (κ3) is 5.09. The molecule has 1 N–H and O–H groups in total. The molecule has 0 heterocycles. The molecule has 4 heteroatoms. The molecule has 0 aliphatic heterocycles. The molecule has 0 spiro atoms. The van der Waals surface area contributed by atoms with Crippen molar-refractivity contribution in [3.8, 4) is 0 Å². The Labute approximate surface area is 134 Å². The van der Waals surface area contributed by atoms with Crippen molar-refractivity contribution in [2.45, 2.75) is 52.9 Å². The summed E-state index contributed by atoms with van der Waals surface area (Å²) < 4.78 is 0.